The van der Waals surface area contributed by atoms with Gasteiger partial charge in [-0.3, -0.25) is 11.3 Å². The van der Waals surface area contributed by atoms with Crippen LogP contribution in [0, 0.1) is 28.6 Å². The van der Waals surface area contributed by atoms with E-state index in [4.69, 9.17) is 5.84 Å². The van der Waals surface area contributed by atoms with E-state index in [1.54, 1.807) is 0 Å². The molecule has 3 unspecified atom stereocenters. The van der Waals surface area contributed by atoms with Crippen molar-refractivity contribution in [2.45, 2.75) is 90.0 Å². The quantitative estimate of drug-likeness (QED) is 0.595. The van der Waals surface area contributed by atoms with Crippen molar-refractivity contribution in [3.63, 3.8) is 0 Å². The van der Waals surface area contributed by atoms with E-state index in [2.05, 4.69) is 12.3 Å². The van der Waals surface area contributed by atoms with Gasteiger partial charge in [-0.05, 0) is 73.5 Å². The van der Waals surface area contributed by atoms with Crippen molar-refractivity contribution in [1.82, 2.24) is 5.43 Å². The molecular weight excluding hydrogens is 256 g/mol. The Labute approximate surface area is 130 Å². The van der Waals surface area contributed by atoms with E-state index >= 15 is 0 Å². The molecule has 4 bridgehead atoms. The van der Waals surface area contributed by atoms with Crippen LogP contribution in [0.1, 0.15) is 84.0 Å². The molecule has 0 radical (unpaired) electrons. The normalized spacial score (nSPS) is 47.7. The van der Waals surface area contributed by atoms with Gasteiger partial charge in [0.1, 0.15) is 0 Å². The fraction of sp³-hybridized carbons (Fsp3) is 1.00. The average Bonchev–Trinajstić information content (AvgIpc) is 2.43. The molecule has 0 spiro atoms. The third-order valence-corrected chi connectivity index (χ3v) is 7.63. The Morgan fingerprint density at radius 1 is 1.05 bits per heavy atom. The predicted molar refractivity (Wildman–Crippen MR) is 87.5 cm³/mol. The third-order valence-electron chi connectivity index (χ3n) is 7.63. The fourth-order valence-electron chi connectivity index (χ4n) is 7.46. The van der Waals surface area contributed by atoms with Gasteiger partial charge in [0.15, 0.2) is 0 Å². The van der Waals surface area contributed by atoms with Gasteiger partial charge < -0.3 is 0 Å². The second-order valence-electron chi connectivity index (χ2n) is 9.59. The van der Waals surface area contributed by atoms with E-state index in [-0.39, 0.29) is 0 Å². The maximum absolute atomic E-state index is 6.10. The largest absolute Gasteiger partial charge is 0.271 e. The Bertz CT molecular complexity index is 371. The standard InChI is InChI=1S/C19H34N2/c1-18-9-15-7-16(10-18)12-19(11-15,13-18)17(21-20)8-14-5-3-2-4-6-14/h14-17,21H,2-13,20H2,1H3. The Kier molecular flexibility index (Phi) is 3.61. The van der Waals surface area contributed by atoms with Gasteiger partial charge in [-0.25, -0.2) is 0 Å². The SMILES string of the molecule is CC12CC3CC(C1)CC(C(CC1CCCCC1)NN)(C3)C2. The molecule has 5 saturated carbocycles. The molecule has 2 heteroatoms. The molecule has 0 saturated heterocycles. The maximum Gasteiger partial charge on any atom is 0.0269 e. The van der Waals surface area contributed by atoms with Crippen molar-refractivity contribution in [1.29, 1.82) is 0 Å². The van der Waals surface area contributed by atoms with Crippen LogP contribution in [0.5, 0.6) is 0 Å². The van der Waals surface area contributed by atoms with Crippen molar-refractivity contribution in [3.05, 3.63) is 0 Å². The van der Waals surface area contributed by atoms with E-state index in [1.165, 1.54) is 77.0 Å². The predicted octanol–water partition coefficient (Wildman–Crippen LogP) is 4.40. The smallest absolute Gasteiger partial charge is 0.0269 e. The zero-order valence-electron chi connectivity index (χ0n) is 13.9. The molecule has 5 aliphatic rings. The van der Waals surface area contributed by atoms with E-state index in [9.17, 15) is 0 Å². The highest BCUT2D eigenvalue weighted by Crippen LogP contribution is 2.66. The second kappa shape index (κ2) is 5.23. The molecule has 3 N–H and O–H groups in total. The van der Waals surface area contributed by atoms with Crippen LogP contribution in [0.15, 0.2) is 0 Å². The van der Waals surface area contributed by atoms with E-state index < -0.39 is 0 Å². The minimum Gasteiger partial charge on any atom is -0.271 e. The maximum atomic E-state index is 6.10. The highest BCUT2D eigenvalue weighted by Gasteiger charge is 2.58. The van der Waals surface area contributed by atoms with Crippen LogP contribution >= 0.6 is 0 Å². The molecule has 0 aromatic heterocycles. The second-order valence-corrected chi connectivity index (χ2v) is 9.59. The van der Waals surface area contributed by atoms with E-state index in [1.807, 2.05) is 0 Å². The molecule has 0 amide bonds. The lowest BCUT2D eigenvalue weighted by Crippen LogP contribution is -2.60. The van der Waals surface area contributed by atoms with Gasteiger partial charge in [-0.15, -0.1) is 0 Å². The van der Waals surface area contributed by atoms with Gasteiger partial charge in [0.05, 0.1) is 0 Å². The van der Waals surface area contributed by atoms with Gasteiger partial charge >= 0.3 is 0 Å². The number of rotatable bonds is 4. The third kappa shape index (κ3) is 2.57. The summed E-state index contributed by atoms with van der Waals surface area (Å²) in [6.07, 6.45) is 17.6. The van der Waals surface area contributed by atoms with Crippen LogP contribution in [0.25, 0.3) is 0 Å². The summed E-state index contributed by atoms with van der Waals surface area (Å²) in [6, 6.07) is 0.589. The van der Waals surface area contributed by atoms with Crippen molar-refractivity contribution in [2.24, 2.45) is 34.4 Å². The number of nitrogens with two attached hydrogens (primary N) is 1. The van der Waals surface area contributed by atoms with Gasteiger partial charge in [0.25, 0.3) is 0 Å². The molecule has 21 heavy (non-hydrogen) atoms. The molecule has 120 valence electrons. The summed E-state index contributed by atoms with van der Waals surface area (Å²) in [4.78, 5) is 0. The Morgan fingerprint density at radius 3 is 2.29 bits per heavy atom. The summed E-state index contributed by atoms with van der Waals surface area (Å²) in [5.41, 5.74) is 4.51. The van der Waals surface area contributed by atoms with E-state index in [0.29, 0.717) is 16.9 Å². The summed E-state index contributed by atoms with van der Waals surface area (Å²) in [6.45, 7) is 2.58. The lowest BCUT2D eigenvalue weighted by molar-refractivity contribution is -0.121. The molecular formula is C19H34N2. The lowest BCUT2D eigenvalue weighted by atomic mass is 9.43. The molecule has 3 atom stereocenters. The first-order valence-corrected chi connectivity index (χ1v) is 9.57. The van der Waals surface area contributed by atoms with Crippen LogP contribution < -0.4 is 11.3 Å². The first-order valence-electron chi connectivity index (χ1n) is 9.57. The van der Waals surface area contributed by atoms with Crippen molar-refractivity contribution in [2.75, 3.05) is 0 Å². The van der Waals surface area contributed by atoms with E-state index in [0.717, 1.165) is 17.8 Å². The molecule has 0 aliphatic heterocycles. The topological polar surface area (TPSA) is 38.0 Å². The summed E-state index contributed by atoms with van der Waals surface area (Å²) in [5.74, 6) is 9.07. The fourth-order valence-corrected chi connectivity index (χ4v) is 7.46. The Balaban J connectivity index is 1.52. The number of hydrogen-bond donors (Lipinski definition) is 2. The highest BCUT2D eigenvalue weighted by molar-refractivity contribution is 5.09. The number of hydrazine groups is 1. The Morgan fingerprint density at radius 2 is 1.71 bits per heavy atom. The number of hydrogen-bond acceptors (Lipinski definition) is 2. The van der Waals surface area contributed by atoms with Crippen LogP contribution in [0.2, 0.25) is 0 Å². The van der Waals surface area contributed by atoms with Crippen molar-refractivity contribution in [3.8, 4) is 0 Å². The van der Waals surface area contributed by atoms with Gasteiger partial charge in [-0.2, -0.15) is 0 Å². The average molecular weight is 290 g/mol. The van der Waals surface area contributed by atoms with Crippen LogP contribution in [0.3, 0.4) is 0 Å². The summed E-state index contributed by atoms with van der Waals surface area (Å²) in [5, 5.41) is 0. The monoisotopic (exact) mass is 290 g/mol. The van der Waals surface area contributed by atoms with Crippen LogP contribution in [-0.4, -0.2) is 6.04 Å². The molecule has 5 aliphatic carbocycles. The molecule has 5 rings (SSSR count). The van der Waals surface area contributed by atoms with Crippen molar-refractivity contribution >= 4 is 0 Å². The molecule has 0 heterocycles. The summed E-state index contributed by atoms with van der Waals surface area (Å²) in [7, 11) is 0. The van der Waals surface area contributed by atoms with Gasteiger partial charge in [-0.1, -0.05) is 39.0 Å². The summed E-state index contributed by atoms with van der Waals surface area (Å²) < 4.78 is 0. The highest BCUT2D eigenvalue weighted by atomic mass is 15.2. The van der Waals surface area contributed by atoms with Crippen LogP contribution in [-0.2, 0) is 0 Å². The lowest BCUT2D eigenvalue weighted by Gasteiger charge is -2.63. The van der Waals surface area contributed by atoms with Gasteiger partial charge in [0.2, 0.25) is 0 Å². The van der Waals surface area contributed by atoms with Crippen molar-refractivity contribution < 1.29 is 0 Å². The Hall–Kier alpha value is -0.0800. The number of nitrogens with one attached hydrogen (secondary N) is 1. The van der Waals surface area contributed by atoms with Crippen LogP contribution in [0.4, 0.5) is 0 Å². The zero-order valence-corrected chi connectivity index (χ0v) is 13.9. The zero-order chi connectivity index (χ0) is 14.5. The first kappa shape index (κ1) is 14.5. The first-order chi connectivity index (χ1) is 10.1. The van der Waals surface area contributed by atoms with Gasteiger partial charge in [0, 0.05) is 6.04 Å². The molecule has 0 aromatic carbocycles. The minimum atomic E-state index is 0.547. The molecule has 0 aromatic rings. The molecule has 5 fully saturated rings. The summed E-state index contributed by atoms with van der Waals surface area (Å²) >= 11 is 0. The minimum absolute atomic E-state index is 0.547. The molecule has 2 nitrogen and oxygen atoms in total.